The first kappa shape index (κ1) is 22.0. The van der Waals surface area contributed by atoms with Crippen molar-refractivity contribution < 1.29 is 23.2 Å². The predicted octanol–water partition coefficient (Wildman–Crippen LogP) is 5.12. The second-order valence-corrected chi connectivity index (χ2v) is 7.59. The van der Waals surface area contributed by atoms with Gasteiger partial charge in [0, 0.05) is 6.20 Å². The number of fused-ring (bicyclic) bond motifs is 1. The summed E-state index contributed by atoms with van der Waals surface area (Å²) in [4.78, 5) is 38.9. The number of furan rings is 2. The van der Waals surface area contributed by atoms with E-state index in [4.69, 9.17) is 18.6 Å². The summed E-state index contributed by atoms with van der Waals surface area (Å²) in [6.45, 7) is 1.76. The Balaban J connectivity index is 1.43. The average molecular weight is 468 g/mol. The second kappa shape index (κ2) is 9.60. The summed E-state index contributed by atoms with van der Waals surface area (Å²) in [7, 11) is 0. The van der Waals surface area contributed by atoms with Gasteiger partial charge in [0.1, 0.15) is 17.2 Å². The number of carbonyl (C=O) groups is 2. The molecule has 0 spiro atoms. The Morgan fingerprint density at radius 2 is 1.63 bits per heavy atom. The number of aromatic nitrogens is 3. The molecule has 35 heavy (non-hydrogen) atoms. The van der Waals surface area contributed by atoms with Crippen LogP contribution in [0.25, 0.3) is 33.9 Å². The van der Waals surface area contributed by atoms with Crippen LogP contribution in [0.15, 0.2) is 88.2 Å². The Morgan fingerprint density at radius 1 is 0.914 bits per heavy atom. The van der Waals surface area contributed by atoms with Crippen molar-refractivity contribution in [1.29, 1.82) is 0 Å². The minimum absolute atomic E-state index is 0.243. The molecular formula is C26H20N4O5. The topological polar surface area (TPSA) is 120 Å². The summed E-state index contributed by atoms with van der Waals surface area (Å²) in [6.07, 6.45) is 3.98. The third-order valence-corrected chi connectivity index (χ3v) is 5.24. The van der Waals surface area contributed by atoms with Gasteiger partial charge in [-0.15, -0.1) is 0 Å². The molecule has 0 aliphatic rings. The molecule has 0 saturated carbocycles. The molecule has 1 amide bonds. The van der Waals surface area contributed by atoms with Crippen LogP contribution in [0.3, 0.4) is 0 Å². The van der Waals surface area contributed by atoms with E-state index in [2.05, 4.69) is 15.3 Å². The van der Waals surface area contributed by atoms with Gasteiger partial charge in [0.15, 0.2) is 17.6 Å². The number of anilines is 1. The molecule has 9 heteroatoms. The maximum Gasteiger partial charge on any atom is 0.338 e. The first-order valence-corrected chi connectivity index (χ1v) is 10.9. The van der Waals surface area contributed by atoms with Gasteiger partial charge in [0.2, 0.25) is 0 Å². The number of nitrogens with one attached hydrogen (secondary N) is 1. The zero-order chi connectivity index (χ0) is 24.2. The molecule has 9 nitrogen and oxygen atoms in total. The van der Waals surface area contributed by atoms with Crippen molar-refractivity contribution in [2.24, 2.45) is 0 Å². The number of nitrogens with zero attached hydrogens (tertiary/aromatic N) is 3. The average Bonchev–Trinajstić information content (AvgIpc) is 3.61. The number of ether oxygens (including phenoxy) is 1. The molecule has 4 heterocycles. The summed E-state index contributed by atoms with van der Waals surface area (Å²) in [5.41, 5.74) is 2.26. The summed E-state index contributed by atoms with van der Waals surface area (Å²) in [5, 5.41) is 2.65. The normalized spacial score (nSPS) is 11.8. The number of amides is 1. The van der Waals surface area contributed by atoms with Crippen LogP contribution in [0.4, 0.5) is 5.82 Å². The van der Waals surface area contributed by atoms with Crippen molar-refractivity contribution in [3.8, 4) is 22.9 Å². The van der Waals surface area contributed by atoms with Gasteiger partial charge in [-0.25, -0.2) is 19.7 Å². The van der Waals surface area contributed by atoms with Crippen LogP contribution >= 0.6 is 0 Å². The molecule has 0 saturated heterocycles. The van der Waals surface area contributed by atoms with E-state index in [1.807, 2.05) is 0 Å². The lowest BCUT2D eigenvalue weighted by Crippen LogP contribution is -2.32. The Hall–Kier alpha value is -4.79. The molecule has 1 atom stereocenters. The molecule has 5 rings (SSSR count). The van der Waals surface area contributed by atoms with Crippen LogP contribution in [0.1, 0.15) is 23.7 Å². The van der Waals surface area contributed by atoms with E-state index >= 15 is 0 Å². The van der Waals surface area contributed by atoms with E-state index < -0.39 is 18.0 Å². The molecule has 0 radical (unpaired) electrons. The number of hydrogen-bond acceptors (Lipinski definition) is 8. The number of esters is 1. The van der Waals surface area contributed by atoms with Gasteiger partial charge in [0.05, 0.1) is 29.1 Å². The fourth-order valence-corrected chi connectivity index (χ4v) is 3.51. The summed E-state index contributed by atoms with van der Waals surface area (Å²) in [5.74, 6) is 0.329. The highest BCUT2D eigenvalue weighted by Gasteiger charge is 2.23. The predicted molar refractivity (Wildman–Crippen MR) is 127 cm³/mol. The van der Waals surface area contributed by atoms with Crippen molar-refractivity contribution >= 4 is 28.7 Å². The first-order valence-electron chi connectivity index (χ1n) is 10.9. The van der Waals surface area contributed by atoms with E-state index in [0.29, 0.717) is 46.2 Å². The van der Waals surface area contributed by atoms with Crippen LogP contribution in [-0.4, -0.2) is 32.9 Å². The summed E-state index contributed by atoms with van der Waals surface area (Å²) < 4.78 is 16.6. The van der Waals surface area contributed by atoms with Gasteiger partial charge in [-0.1, -0.05) is 13.0 Å². The van der Waals surface area contributed by atoms with Gasteiger partial charge < -0.3 is 18.9 Å². The molecule has 1 N–H and O–H groups in total. The lowest BCUT2D eigenvalue weighted by atomic mass is 10.1. The van der Waals surface area contributed by atoms with Gasteiger partial charge in [-0.2, -0.15) is 0 Å². The van der Waals surface area contributed by atoms with Crippen LogP contribution in [0, 0.1) is 0 Å². The monoisotopic (exact) mass is 468 g/mol. The van der Waals surface area contributed by atoms with E-state index in [-0.39, 0.29) is 5.56 Å². The number of rotatable bonds is 7. The van der Waals surface area contributed by atoms with Crippen LogP contribution in [0.2, 0.25) is 0 Å². The van der Waals surface area contributed by atoms with E-state index in [9.17, 15) is 9.59 Å². The summed E-state index contributed by atoms with van der Waals surface area (Å²) in [6, 6.07) is 17.1. The van der Waals surface area contributed by atoms with Gasteiger partial charge in [0.25, 0.3) is 5.91 Å². The molecule has 1 aromatic carbocycles. The Kier molecular flexibility index (Phi) is 6.04. The highest BCUT2D eigenvalue weighted by molar-refractivity contribution is 5.98. The highest BCUT2D eigenvalue weighted by atomic mass is 16.5. The van der Waals surface area contributed by atoms with Crippen molar-refractivity contribution in [3.05, 3.63) is 85.0 Å². The Labute approximate surface area is 199 Å². The Morgan fingerprint density at radius 3 is 2.23 bits per heavy atom. The van der Waals surface area contributed by atoms with Crippen LogP contribution in [0.5, 0.6) is 0 Å². The number of carbonyl (C=O) groups excluding carboxylic acids is 2. The fourth-order valence-electron chi connectivity index (χ4n) is 3.51. The van der Waals surface area contributed by atoms with Crippen LogP contribution < -0.4 is 5.32 Å². The first-order chi connectivity index (χ1) is 17.1. The lowest BCUT2D eigenvalue weighted by Gasteiger charge is -2.16. The molecule has 0 bridgehead atoms. The summed E-state index contributed by atoms with van der Waals surface area (Å²) >= 11 is 0. The molecule has 0 aliphatic heterocycles. The molecule has 0 aliphatic carbocycles. The van der Waals surface area contributed by atoms with Gasteiger partial charge >= 0.3 is 5.97 Å². The molecule has 1 unspecified atom stereocenters. The SMILES string of the molecule is CCC(OC(=O)c1ccc2nc(-c3ccco3)c(-c3ccco3)nc2c1)C(=O)Nc1ccccn1. The smallest absolute Gasteiger partial charge is 0.338 e. The zero-order valence-electron chi connectivity index (χ0n) is 18.7. The minimum Gasteiger partial charge on any atom is -0.463 e. The number of hydrogen-bond donors (Lipinski definition) is 1. The lowest BCUT2D eigenvalue weighted by molar-refractivity contribution is -0.124. The van der Waals surface area contributed by atoms with E-state index in [0.717, 1.165) is 0 Å². The Bertz CT molecular complexity index is 1460. The third-order valence-electron chi connectivity index (χ3n) is 5.24. The van der Waals surface area contributed by atoms with Crippen molar-refractivity contribution in [2.75, 3.05) is 5.32 Å². The largest absolute Gasteiger partial charge is 0.463 e. The van der Waals surface area contributed by atoms with E-state index in [1.54, 1.807) is 86.3 Å². The van der Waals surface area contributed by atoms with E-state index in [1.165, 1.54) is 0 Å². The molecule has 0 fully saturated rings. The van der Waals surface area contributed by atoms with Crippen LogP contribution in [-0.2, 0) is 9.53 Å². The van der Waals surface area contributed by atoms with Crippen molar-refractivity contribution in [2.45, 2.75) is 19.4 Å². The molecule has 4 aromatic heterocycles. The zero-order valence-corrected chi connectivity index (χ0v) is 18.7. The molecule has 5 aromatic rings. The number of benzene rings is 1. The number of pyridine rings is 1. The fraction of sp³-hybridized carbons (Fsp3) is 0.115. The maximum absolute atomic E-state index is 12.9. The molecule has 174 valence electrons. The van der Waals surface area contributed by atoms with Crippen molar-refractivity contribution in [3.63, 3.8) is 0 Å². The minimum atomic E-state index is -0.980. The van der Waals surface area contributed by atoms with Gasteiger partial charge in [-0.05, 0) is 61.0 Å². The highest BCUT2D eigenvalue weighted by Crippen LogP contribution is 2.31. The van der Waals surface area contributed by atoms with Gasteiger partial charge in [-0.3, -0.25) is 4.79 Å². The second-order valence-electron chi connectivity index (χ2n) is 7.59. The van der Waals surface area contributed by atoms with Crippen molar-refractivity contribution in [1.82, 2.24) is 15.0 Å². The molecular weight excluding hydrogens is 448 g/mol. The quantitative estimate of drug-likeness (QED) is 0.327. The standard InChI is InChI=1S/C26H20N4O5/c1-2-19(25(31)30-22-9-3-4-12-27-22)35-26(32)16-10-11-17-18(15-16)29-24(21-8-6-14-34-21)23(28-17)20-7-5-13-33-20/h3-15,19H,2H2,1H3,(H,27,30,31). The third kappa shape index (κ3) is 4.65. The maximum atomic E-state index is 12.9.